The molecule has 8 heteroatoms. The van der Waals surface area contributed by atoms with Crippen LogP contribution in [0.2, 0.25) is 0 Å². The van der Waals surface area contributed by atoms with Crippen LogP contribution in [0, 0.1) is 10.1 Å². The fourth-order valence-corrected chi connectivity index (χ4v) is 1.22. The topological polar surface area (TPSA) is 97.5 Å². The smallest absolute Gasteiger partial charge is 0.282 e. The Kier molecular flexibility index (Phi) is 5.37. The van der Waals surface area contributed by atoms with Crippen LogP contribution >= 0.6 is 0 Å². The normalized spacial score (nSPS) is 10.4. The third-order valence-electron chi connectivity index (χ3n) is 1.35. The summed E-state index contributed by atoms with van der Waals surface area (Å²) in [6.07, 6.45) is 0. The van der Waals surface area contributed by atoms with E-state index in [1.165, 1.54) is 0 Å². The third kappa shape index (κ3) is 3.73. The Hall–Kier alpha value is 0.166. The van der Waals surface area contributed by atoms with Gasteiger partial charge in [0.2, 0.25) is 0 Å². The van der Waals surface area contributed by atoms with E-state index in [0.717, 1.165) is 24.3 Å². The number of rotatable bonds is 2. The summed E-state index contributed by atoms with van der Waals surface area (Å²) in [5, 5.41) is 10.2. The maximum atomic E-state index is 10.5. The van der Waals surface area contributed by atoms with Gasteiger partial charge in [-0.15, -0.1) is 0 Å². The Morgan fingerprint density at radius 2 is 1.64 bits per heavy atom. The summed E-state index contributed by atoms with van der Waals surface area (Å²) >= 11 is 0. The van der Waals surface area contributed by atoms with Gasteiger partial charge in [0, 0.05) is 12.1 Å². The number of nitro groups is 1. The van der Waals surface area contributed by atoms with Crippen LogP contribution in [0.25, 0.3) is 0 Å². The molecular weight excluding hydrogens is 237 g/mol. The van der Waals surface area contributed by atoms with Gasteiger partial charge in [-0.25, -0.2) is 0 Å². The van der Waals surface area contributed by atoms with Gasteiger partial charge in [0.1, 0.15) is 0 Å². The van der Waals surface area contributed by atoms with Gasteiger partial charge < -0.3 is 0 Å². The molecule has 1 N–H and O–H groups in total. The van der Waals surface area contributed by atoms with Crippen molar-refractivity contribution in [1.29, 1.82) is 0 Å². The van der Waals surface area contributed by atoms with Crippen LogP contribution in [-0.4, -0.2) is 17.9 Å². The molecule has 0 bridgehead atoms. The van der Waals surface area contributed by atoms with E-state index in [1.54, 1.807) is 0 Å². The van der Waals surface area contributed by atoms with Gasteiger partial charge >= 0.3 is 51.4 Å². The second kappa shape index (κ2) is 5.31. The van der Waals surface area contributed by atoms with Crippen molar-refractivity contribution in [2.45, 2.75) is 4.90 Å². The largest absolute Gasteiger partial charge is 1.00 e. The Bertz CT molecular complexity index is 426. The van der Waals surface area contributed by atoms with Gasteiger partial charge in [0.05, 0.1) is 9.82 Å². The van der Waals surface area contributed by atoms with E-state index in [1.807, 2.05) is 0 Å². The molecule has 0 saturated heterocycles. The third-order valence-corrected chi connectivity index (χ3v) is 2.21. The number of nitrogens with zero attached hydrogens (tertiary/aromatic N) is 1. The van der Waals surface area contributed by atoms with Crippen LogP contribution in [0.15, 0.2) is 29.2 Å². The average Bonchev–Trinajstić information content (AvgIpc) is 2.03. The van der Waals surface area contributed by atoms with Gasteiger partial charge in [-0.3, -0.25) is 14.7 Å². The van der Waals surface area contributed by atoms with Gasteiger partial charge in [0.25, 0.3) is 15.8 Å². The molecule has 0 saturated carbocycles. The fourth-order valence-electron chi connectivity index (χ4n) is 0.740. The van der Waals surface area contributed by atoms with E-state index in [-0.39, 0.29) is 62.0 Å². The number of nitro benzene ring substituents is 1. The van der Waals surface area contributed by atoms with Crippen molar-refractivity contribution in [3.8, 4) is 0 Å². The Morgan fingerprint density at radius 3 is 1.93 bits per heavy atom. The van der Waals surface area contributed by atoms with Crippen molar-refractivity contribution in [2.75, 3.05) is 0 Å². The molecule has 1 rings (SSSR count). The van der Waals surface area contributed by atoms with Crippen molar-refractivity contribution >= 4 is 15.8 Å². The first kappa shape index (κ1) is 14.2. The monoisotopic (exact) mass is 242 g/mol. The van der Waals surface area contributed by atoms with Crippen LogP contribution in [0.4, 0.5) is 5.69 Å². The first-order valence-electron chi connectivity index (χ1n) is 3.13. The number of hydrogen-bond donors (Lipinski definition) is 1. The Morgan fingerprint density at radius 1 is 1.21 bits per heavy atom. The maximum absolute atomic E-state index is 10.5. The van der Waals surface area contributed by atoms with Gasteiger partial charge in [-0.05, 0) is 12.1 Å². The fraction of sp³-hybridized carbons (Fsp3) is 0. The van der Waals surface area contributed by atoms with Crippen molar-refractivity contribution in [2.24, 2.45) is 0 Å². The summed E-state index contributed by atoms with van der Waals surface area (Å²) in [5.41, 5.74) is -0.229. The molecule has 0 aliphatic rings. The molecule has 0 aromatic heterocycles. The Balaban J connectivity index is 0.00000169. The summed E-state index contributed by atoms with van der Waals surface area (Å²) in [6.45, 7) is 0. The molecule has 0 heterocycles. The predicted octanol–water partition coefficient (Wildman–Crippen LogP) is -2.15. The van der Waals surface area contributed by atoms with Gasteiger partial charge in [0.15, 0.2) is 0 Å². The van der Waals surface area contributed by atoms with Crippen molar-refractivity contribution in [1.82, 2.24) is 0 Å². The molecule has 0 aliphatic carbocycles. The van der Waals surface area contributed by atoms with E-state index >= 15 is 0 Å². The first-order chi connectivity index (χ1) is 5.91. The minimum Gasteiger partial charge on any atom is -0.282 e. The molecule has 0 amide bonds. The number of non-ortho nitro benzene ring substituents is 1. The summed E-state index contributed by atoms with van der Waals surface area (Å²) in [6, 6.07) is 3.94. The zero-order valence-corrected chi connectivity index (χ0v) is 11.2. The van der Waals surface area contributed by atoms with Crippen molar-refractivity contribution < 1.29 is 69.3 Å². The van der Waals surface area contributed by atoms with E-state index < -0.39 is 15.0 Å². The molecule has 0 spiro atoms. The van der Waals surface area contributed by atoms with Gasteiger partial charge in [-0.2, -0.15) is 8.42 Å². The van der Waals surface area contributed by atoms with Crippen LogP contribution in [0.3, 0.4) is 0 Å². The van der Waals surface area contributed by atoms with Crippen LogP contribution < -0.4 is 51.4 Å². The Labute approximate surface area is 123 Å². The molecule has 0 atom stereocenters. The van der Waals surface area contributed by atoms with Crippen LogP contribution in [0.1, 0.15) is 0 Å². The van der Waals surface area contributed by atoms with E-state index in [9.17, 15) is 18.5 Å². The molecular formula is C6H5KNO5S+. The van der Waals surface area contributed by atoms with E-state index in [2.05, 4.69) is 0 Å². The minimum atomic E-state index is -4.27. The summed E-state index contributed by atoms with van der Waals surface area (Å²) in [4.78, 5) is 9.13. The molecule has 1 aromatic carbocycles. The molecule has 6 nitrogen and oxygen atoms in total. The van der Waals surface area contributed by atoms with Crippen molar-refractivity contribution in [3.63, 3.8) is 0 Å². The van der Waals surface area contributed by atoms with Crippen LogP contribution in [0.5, 0.6) is 0 Å². The van der Waals surface area contributed by atoms with Gasteiger partial charge in [-0.1, -0.05) is 0 Å². The SMILES string of the molecule is O=[N+]([O-])c1ccc(S(=O)(=O)O)cc1.[K+]. The predicted molar refractivity (Wildman–Crippen MR) is 42.9 cm³/mol. The second-order valence-electron chi connectivity index (χ2n) is 2.23. The maximum Gasteiger partial charge on any atom is 1.00 e. The van der Waals surface area contributed by atoms with Crippen molar-refractivity contribution in [3.05, 3.63) is 34.4 Å². The zero-order valence-electron chi connectivity index (χ0n) is 7.25. The molecule has 0 radical (unpaired) electrons. The minimum absolute atomic E-state index is 0. The molecule has 1 aromatic rings. The number of hydrogen-bond acceptors (Lipinski definition) is 4. The first-order valence-corrected chi connectivity index (χ1v) is 4.57. The van der Waals surface area contributed by atoms with E-state index in [4.69, 9.17) is 4.55 Å². The zero-order chi connectivity index (χ0) is 10.1. The summed E-state index contributed by atoms with van der Waals surface area (Å²) in [5.74, 6) is 0. The molecule has 0 fully saturated rings. The standard InChI is InChI=1S/C6H5NO5S.K/c8-7(9)5-1-3-6(4-2-5)13(10,11)12;/h1-4H,(H,10,11,12);/q;+1. The number of benzene rings is 1. The average molecular weight is 242 g/mol. The van der Waals surface area contributed by atoms with E-state index in [0.29, 0.717) is 0 Å². The summed E-state index contributed by atoms with van der Waals surface area (Å²) in [7, 11) is -4.27. The van der Waals surface area contributed by atoms with Crippen LogP contribution in [-0.2, 0) is 10.1 Å². The molecule has 0 unspecified atom stereocenters. The molecule has 14 heavy (non-hydrogen) atoms. The molecule has 70 valence electrons. The quantitative estimate of drug-likeness (QED) is 0.276. The second-order valence-corrected chi connectivity index (χ2v) is 3.65. The summed E-state index contributed by atoms with van der Waals surface area (Å²) < 4.78 is 29.5. The molecule has 0 aliphatic heterocycles.